The Balaban J connectivity index is 2.20. The molecule has 94 valence electrons. The third-order valence-corrected chi connectivity index (χ3v) is 2.70. The van der Waals surface area contributed by atoms with Gasteiger partial charge in [0.05, 0.1) is 0 Å². The first-order valence-corrected chi connectivity index (χ1v) is 5.89. The van der Waals surface area contributed by atoms with Crippen LogP contribution in [0.15, 0.2) is 36.5 Å². The summed E-state index contributed by atoms with van der Waals surface area (Å²) in [5.41, 5.74) is 1.24. The van der Waals surface area contributed by atoms with Crippen molar-refractivity contribution >= 4 is 5.78 Å². The number of hydrogen-bond donors (Lipinski definition) is 0. The lowest BCUT2D eigenvalue weighted by Gasteiger charge is -2.10. The lowest BCUT2D eigenvalue weighted by Crippen LogP contribution is -2.14. The molecule has 4 heteroatoms. The number of nitrogens with zero attached hydrogens (tertiary/aromatic N) is 2. The Kier molecular flexibility index (Phi) is 3.55. The first-order valence-electron chi connectivity index (χ1n) is 5.89. The summed E-state index contributed by atoms with van der Waals surface area (Å²) < 4.78 is 14.7. The van der Waals surface area contributed by atoms with E-state index in [1.54, 1.807) is 29.1 Å². The van der Waals surface area contributed by atoms with Crippen molar-refractivity contribution in [3.05, 3.63) is 53.6 Å². The molecule has 0 bridgehead atoms. The summed E-state index contributed by atoms with van der Waals surface area (Å²) in [5, 5.41) is 4.12. The first kappa shape index (κ1) is 12.5. The summed E-state index contributed by atoms with van der Waals surface area (Å²) in [5.74, 6) is -0.371. The van der Waals surface area contributed by atoms with Gasteiger partial charge in [0.25, 0.3) is 0 Å². The molecule has 0 aliphatic carbocycles. The minimum absolute atomic E-state index is 0.0493. The van der Waals surface area contributed by atoms with Crippen molar-refractivity contribution in [2.45, 2.75) is 26.3 Å². The van der Waals surface area contributed by atoms with Gasteiger partial charge in [-0.1, -0.05) is 12.1 Å². The second-order valence-corrected chi connectivity index (χ2v) is 4.48. The minimum Gasteiger partial charge on any atom is -0.292 e. The Bertz CT molecular complexity index is 560. The predicted molar refractivity (Wildman–Crippen MR) is 67.0 cm³/mol. The smallest absolute Gasteiger partial charge is 0.185 e. The highest BCUT2D eigenvalue weighted by Gasteiger charge is 2.14. The van der Waals surface area contributed by atoms with E-state index in [9.17, 15) is 9.18 Å². The molecule has 0 amide bonds. The zero-order valence-corrected chi connectivity index (χ0v) is 10.4. The van der Waals surface area contributed by atoms with Crippen LogP contribution in [-0.2, 0) is 6.42 Å². The molecular weight excluding hydrogens is 231 g/mol. The number of halogens is 1. The maximum Gasteiger partial charge on any atom is 0.185 e. The van der Waals surface area contributed by atoms with Crippen LogP contribution in [0.25, 0.3) is 0 Å². The predicted octanol–water partition coefficient (Wildman–Crippen LogP) is 3.03. The molecule has 18 heavy (non-hydrogen) atoms. The first-order chi connectivity index (χ1) is 8.58. The van der Waals surface area contributed by atoms with Gasteiger partial charge in [-0.25, -0.2) is 4.39 Å². The molecule has 3 nitrogen and oxygen atoms in total. The van der Waals surface area contributed by atoms with Crippen LogP contribution in [0, 0.1) is 5.82 Å². The Morgan fingerprint density at radius 1 is 1.39 bits per heavy atom. The summed E-state index contributed by atoms with van der Waals surface area (Å²) >= 11 is 0. The fourth-order valence-electron chi connectivity index (χ4n) is 1.87. The molecule has 0 saturated carbocycles. The van der Waals surface area contributed by atoms with Gasteiger partial charge in [-0.15, -0.1) is 0 Å². The van der Waals surface area contributed by atoms with E-state index < -0.39 is 0 Å². The van der Waals surface area contributed by atoms with Gasteiger partial charge in [-0.2, -0.15) is 5.10 Å². The number of ketones is 1. The average molecular weight is 246 g/mol. The number of aromatic nitrogens is 2. The normalized spacial score (nSPS) is 10.9. The van der Waals surface area contributed by atoms with Gasteiger partial charge < -0.3 is 0 Å². The van der Waals surface area contributed by atoms with Gasteiger partial charge in [0.15, 0.2) is 5.78 Å². The Labute approximate surface area is 105 Å². The molecule has 2 aromatic rings. The lowest BCUT2D eigenvalue weighted by molar-refractivity contribution is 0.0981. The largest absolute Gasteiger partial charge is 0.292 e. The van der Waals surface area contributed by atoms with Gasteiger partial charge >= 0.3 is 0 Å². The summed E-state index contributed by atoms with van der Waals surface area (Å²) in [6.07, 6.45) is 1.80. The highest BCUT2D eigenvalue weighted by Crippen LogP contribution is 2.12. The molecule has 0 fully saturated rings. The van der Waals surface area contributed by atoms with E-state index in [1.165, 1.54) is 12.1 Å². The topological polar surface area (TPSA) is 34.9 Å². The molecule has 0 aliphatic rings. The maximum atomic E-state index is 13.0. The van der Waals surface area contributed by atoms with Crippen LogP contribution in [0.3, 0.4) is 0 Å². The van der Waals surface area contributed by atoms with E-state index in [4.69, 9.17) is 0 Å². The van der Waals surface area contributed by atoms with Gasteiger partial charge in [0.2, 0.25) is 0 Å². The van der Waals surface area contributed by atoms with E-state index in [0.717, 1.165) is 0 Å². The second-order valence-electron chi connectivity index (χ2n) is 4.48. The third-order valence-electron chi connectivity index (χ3n) is 2.70. The number of carbonyl (C=O) groups excluding carboxylic acids is 1. The number of Topliss-reactive ketones (excluding diaryl/α,β-unsaturated/α-hetero) is 1. The summed E-state index contributed by atoms with van der Waals surface area (Å²) in [6.45, 7) is 3.93. The minimum atomic E-state index is -0.322. The Hall–Kier alpha value is -1.97. The molecule has 1 heterocycles. The Morgan fingerprint density at radius 3 is 2.83 bits per heavy atom. The molecule has 0 atom stereocenters. The van der Waals surface area contributed by atoms with Crippen molar-refractivity contribution in [3.8, 4) is 0 Å². The van der Waals surface area contributed by atoms with Gasteiger partial charge in [-0.3, -0.25) is 9.48 Å². The maximum absolute atomic E-state index is 13.0. The van der Waals surface area contributed by atoms with Crippen LogP contribution in [0.5, 0.6) is 0 Å². The molecule has 0 saturated heterocycles. The molecule has 2 rings (SSSR count). The summed E-state index contributed by atoms with van der Waals surface area (Å²) in [7, 11) is 0. The van der Waals surface area contributed by atoms with Gasteiger partial charge in [-0.05, 0) is 37.6 Å². The van der Waals surface area contributed by atoms with Gasteiger partial charge in [0.1, 0.15) is 11.5 Å². The monoisotopic (exact) mass is 246 g/mol. The molecule has 1 aromatic heterocycles. The highest BCUT2D eigenvalue weighted by molar-refractivity contribution is 5.96. The van der Waals surface area contributed by atoms with Crippen molar-refractivity contribution in [2.75, 3.05) is 0 Å². The van der Waals surface area contributed by atoms with Crippen LogP contribution in [0.4, 0.5) is 4.39 Å². The fourth-order valence-corrected chi connectivity index (χ4v) is 1.87. The zero-order valence-electron chi connectivity index (χ0n) is 10.4. The average Bonchev–Trinajstić information content (AvgIpc) is 2.77. The SMILES string of the molecule is CC(C)n1nccc1C(=O)Cc1cccc(F)c1. The molecule has 0 aliphatic heterocycles. The summed E-state index contributed by atoms with van der Waals surface area (Å²) in [4.78, 5) is 12.1. The quantitative estimate of drug-likeness (QED) is 0.777. The van der Waals surface area contributed by atoms with E-state index in [0.29, 0.717) is 11.3 Å². The molecule has 0 spiro atoms. The molecule has 0 N–H and O–H groups in total. The van der Waals surface area contributed by atoms with Crippen molar-refractivity contribution in [1.82, 2.24) is 9.78 Å². The molecular formula is C14H15FN2O. The fraction of sp³-hybridized carbons (Fsp3) is 0.286. The van der Waals surface area contributed by atoms with Crippen molar-refractivity contribution in [3.63, 3.8) is 0 Å². The van der Waals surface area contributed by atoms with E-state index in [2.05, 4.69) is 5.10 Å². The highest BCUT2D eigenvalue weighted by atomic mass is 19.1. The van der Waals surface area contributed by atoms with Crippen LogP contribution in [0.2, 0.25) is 0 Å². The van der Waals surface area contributed by atoms with Crippen LogP contribution in [-0.4, -0.2) is 15.6 Å². The molecule has 0 radical (unpaired) electrons. The summed E-state index contributed by atoms with van der Waals surface area (Å²) in [6, 6.07) is 7.93. The van der Waals surface area contributed by atoms with Crippen LogP contribution in [0.1, 0.15) is 35.9 Å². The zero-order chi connectivity index (χ0) is 13.1. The molecule has 1 aromatic carbocycles. The lowest BCUT2D eigenvalue weighted by atomic mass is 10.1. The van der Waals surface area contributed by atoms with Crippen LogP contribution < -0.4 is 0 Å². The van der Waals surface area contributed by atoms with Crippen LogP contribution >= 0.6 is 0 Å². The van der Waals surface area contributed by atoms with E-state index in [1.807, 2.05) is 13.8 Å². The van der Waals surface area contributed by atoms with E-state index in [-0.39, 0.29) is 24.1 Å². The Morgan fingerprint density at radius 2 is 2.17 bits per heavy atom. The van der Waals surface area contributed by atoms with Crippen molar-refractivity contribution in [1.29, 1.82) is 0 Å². The van der Waals surface area contributed by atoms with Crippen molar-refractivity contribution in [2.24, 2.45) is 0 Å². The molecule has 0 unspecified atom stereocenters. The second kappa shape index (κ2) is 5.12. The standard InChI is InChI=1S/C14H15FN2O/c1-10(2)17-13(6-7-16-17)14(18)9-11-4-3-5-12(15)8-11/h3-8,10H,9H2,1-2H3. The van der Waals surface area contributed by atoms with Gasteiger partial charge in [0, 0.05) is 18.7 Å². The third kappa shape index (κ3) is 2.64. The van der Waals surface area contributed by atoms with Crippen molar-refractivity contribution < 1.29 is 9.18 Å². The number of benzene rings is 1. The number of hydrogen-bond acceptors (Lipinski definition) is 2. The number of rotatable bonds is 4. The number of carbonyl (C=O) groups is 1. The van der Waals surface area contributed by atoms with E-state index >= 15 is 0 Å².